The summed E-state index contributed by atoms with van der Waals surface area (Å²) in [5, 5.41) is 3.25. The smallest absolute Gasteiger partial charge is 0.268 e. The van der Waals surface area contributed by atoms with Crippen LogP contribution < -0.4 is 11.1 Å². The number of carbonyl (C=O) groups excluding carboxylic acids is 1. The molecule has 1 saturated carbocycles. The highest BCUT2D eigenvalue weighted by atomic mass is 79.9. The molecule has 5 heteroatoms. The Kier molecular flexibility index (Phi) is 5.15. The molecule has 0 spiro atoms. The molecule has 0 radical (unpaired) electrons. The third-order valence-electron chi connectivity index (χ3n) is 4.78. The fourth-order valence-electron chi connectivity index (χ4n) is 3.30. The molecule has 1 aromatic rings. The number of rotatable bonds is 4. The highest BCUT2D eigenvalue weighted by Gasteiger charge is 2.38. The lowest BCUT2D eigenvalue weighted by atomic mass is 9.73. The van der Waals surface area contributed by atoms with Gasteiger partial charge in [0.25, 0.3) is 5.91 Å². The highest BCUT2D eigenvalue weighted by molar-refractivity contribution is 9.10. The van der Waals surface area contributed by atoms with Gasteiger partial charge in [0.15, 0.2) is 0 Å². The summed E-state index contributed by atoms with van der Waals surface area (Å²) in [6, 6.07) is 2.13. The Morgan fingerprint density at radius 1 is 1.57 bits per heavy atom. The van der Waals surface area contributed by atoms with E-state index in [2.05, 4.69) is 42.0 Å². The Morgan fingerprint density at radius 2 is 2.29 bits per heavy atom. The van der Waals surface area contributed by atoms with Gasteiger partial charge in [0.1, 0.15) is 5.69 Å². The SMILES string of the molecule is CC(C)n1cc(Br)cc1C(=O)NC1(CN)CCCCC1C. The predicted octanol–water partition coefficient (Wildman–Crippen LogP) is 3.47. The van der Waals surface area contributed by atoms with E-state index in [1.54, 1.807) is 0 Å². The van der Waals surface area contributed by atoms with Crippen LogP contribution in [0, 0.1) is 5.92 Å². The lowest BCUT2D eigenvalue weighted by Crippen LogP contribution is -2.59. The standard InChI is InChI=1S/C16H26BrN3O/c1-11(2)20-9-13(17)8-14(20)15(21)19-16(10-18)7-5-4-6-12(16)3/h8-9,11-12H,4-7,10,18H2,1-3H3,(H,19,21). The topological polar surface area (TPSA) is 60.0 Å². The minimum Gasteiger partial charge on any atom is -0.344 e. The summed E-state index contributed by atoms with van der Waals surface area (Å²) < 4.78 is 2.93. The molecule has 1 heterocycles. The zero-order chi connectivity index (χ0) is 15.6. The maximum Gasteiger partial charge on any atom is 0.268 e. The van der Waals surface area contributed by atoms with Crippen molar-refractivity contribution < 1.29 is 4.79 Å². The molecular formula is C16H26BrN3O. The van der Waals surface area contributed by atoms with E-state index in [4.69, 9.17) is 5.73 Å². The van der Waals surface area contributed by atoms with Gasteiger partial charge in [0.05, 0.1) is 5.54 Å². The molecule has 2 unspecified atom stereocenters. The quantitative estimate of drug-likeness (QED) is 0.868. The first-order valence-electron chi connectivity index (χ1n) is 7.79. The lowest BCUT2D eigenvalue weighted by molar-refractivity contribution is 0.0802. The maximum absolute atomic E-state index is 12.8. The highest BCUT2D eigenvalue weighted by Crippen LogP contribution is 2.33. The summed E-state index contributed by atoms with van der Waals surface area (Å²) in [6.45, 7) is 6.85. The number of nitrogens with one attached hydrogen (secondary N) is 1. The van der Waals surface area contributed by atoms with Gasteiger partial charge in [-0.25, -0.2) is 0 Å². The van der Waals surface area contributed by atoms with E-state index in [1.807, 2.05) is 16.8 Å². The van der Waals surface area contributed by atoms with Crippen molar-refractivity contribution in [1.82, 2.24) is 9.88 Å². The van der Waals surface area contributed by atoms with Crippen molar-refractivity contribution in [1.29, 1.82) is 0 Å². The number of amides is 1. The molecule has 3 N–H and O–H groups in total. The van der Waals surface area contributed by atoms with E-state index < -0.39 is 0 Å². The molecule has 0 bridgehead atoms. The summed E-state index contributed by atoms with van der Waals surface area (Å²) in [5.41, 5.74) is 6.47. The maximum atomic E-state index is 12.8. The van der Waals surface area contributed by atoms with Crippen LogP contribution in [0.5, 0.6) is 0 Å². The minimum atomic E-state index is -0.256. The Balaban J connectivity index is 2.24. The average molecular weight is 356 g/mol. The van der Waals surface area contributed by atoms with Crippen LogP contribution in [0.4, 0.5) is 0 Å². The number of aromatic nitrogens is 1. The number of nitrogens with zero attached hydrogens (tertiary/aromatic N) is 1. The summed E-state index contributed by atoms with van der Waals surface area (Å²) in [6.07, 6.45) is 6.43. The van der Waals surface area contributed by atoms with Gasteiger partial charge < -0.3 is 15.6 Å². The monoisotopic (exact) mass is 355 g/mol. The normalized spacial score (nSPS) is 26.1. The van der Waals surface area contributed by atoms with E-state index in [0.717, 1.165) is 23.7 Å². The van der Waals surface area contributed by atoms with Crippen LogP contribution in [0.15, 0.2) is 16.7 Å². The molecular weight excluding hydrogens is 330 g/mol. The second-order valence-corrected chi connectivity index (χ2v) is 7.42. The molecule has 118 valence electrons. The Hall–Kier alpha value is -0.810. The predicted molar refractivity (Wildman–Crippen MR) is 89.4 cm³/mol. The third kappa shape index (κ3) is 3.34. The first-order valence-corrected chi connectivity index (χ1v) is 8.59. The van der Waals surface area contributed by atoms with Crippen molar-refractivity contribution >= 4 is 21.8 Å². The fraction of sp³-hybridized carbons (Fsp3) is 0.688. The van der Waals surface area contributed by atoms with Gasteiger partial charge in [0.2, 0.25) is 0 Å². The van der Waals surface area contributed by atoms with Crippen molar-refractivity contribution in [3.8, 4) is 0 Å². The van der Waals surface area contributed by atoms with Crippen LogP contribution in [0.2, 0.25) is 0 Å². The van der Waals surface area contributed by atoms with E-state index >= 15 is 0 Å². The summed E-state index contributed by atoms with van der Waals surface area (Å²) in [5.74, 6) is 0.403. The van der Waals surface area contributed by atoms with E-state index in [0.29, 0.717) is 18.2 Å². The minimum absolute atomic E-state index is 0.0198. The zero-order valence-corrected chi connectivity index (χ0v) is 14.7. The molecule has 0 saturated heterocycles. The Bertz CT molecular complexity index is 512. The summed E-state index contributed by atoms with van der Waals surface area (Å²) in [7, 11) is 0. The molecule has 0 aliphatic heterocycles. The van der Waals surface area contributed by atoms with Crippen LogP contribution in [0.25, 0.3) is 0 Å². The third-order valence-corrected chi connectivity index (χ3v) is 5.22. The fourth-order valence-corrected chi connectivity index (χ4v) is 3.74. The molecule has 4 nitrogen and oxygen atoms in total. The van der Waals surface area contributed by atoms with Gasteiger partial charge in [-0.1, -0.05) is 19.8 Å². The molecule has 1 aliphatic carbocycles. The van der Waals surface area contributed by atoms with Crippen LogP contribution in [-0.2, 0) is 0 Å². The molecule has 1 aliphatic rings. The molecule has 1 aromatic heterocycles. The number of nitrogens with two attached hydrogens (primary N) is 1. The van der Waals surface area contributed by atoms with Crippen molar-refractivity contribution in [2.75, 3.05) is 6.54 Å². The van der Waals surface area contributed by atoms with Gasteiger partial charge >= 0.3 is 0 Å². The number of hydrogen-bond donors (Lipinski definition) is 2. The van der Waals surface area contributed by atoms with Crippen LogP contribution >= 0.6 is 15.9 Å². The van der Waals surface area contributed by atoms with Gasteiger partial charge in [0, 0.05) is 23.3 Å². The molecule has 1 fully saturated rings. The first kappa shape index (κ1) is 16.6. The molecule has 2 atom stereocenters. The number of hydrogen-bond acceptors (Lipinski definition) is 2. The van der Waals surface area contributed by atoms with Crippen LogP contribution in [0.1, 0.15) is 63.0 Å². The average Bonchev–Trinajstić information content (AvgIpc) is 2.84. The zero-order valence-electron chi connectivity index (χ0n) is 13.2. The molecule has 2 rings (SSSR count). The Morgan fingerprint density at radius 3 is 2.86 bits per heavy atom. The summed E-state index contributed by atoms with van der Waals surface area (Å²) in [4.78, 5) is 12.8. The molecule has 21 heavy (non-hydrogen) atoms. The second kappa shape index (κ2) is 6.53. The van der Waals surface area contributed by atoms with Crippen molar-refractivity contribution in [2.45, 2.75) is 58.0 Å². The van der Waals surface area contributed by atoms with Gasteiger partial charge in [-0.15, -0.1) is 0 Å². The molecule has 0 aromatic carbocycles. The summed E-state index contributed by atoms with van der Waals surface area (Å²) >= 11 is 3.46. The van der Waals surface area contributed by atoms with Gasteiger partial charge in [-0.05, 0) is 54.6 Å². The van der Waals surface area contributed by atoms with Crippen molar-refractivity contribution in [2.24, 2.45) is 11.7 Å². The second-order valence-electron chi connectivity index (χ2n) is 6.51. The van der Waals surface area contributed by atoms with Gasteiger partial charge in [-0.3, -0.25) is 4.79 Å². The first-order chi connectivity index (χ1) is 9.89. The molecule has 1 amide bonds. The van der Waals surface area contributed by atoms with Gasteiger partial charge in [-0.2, -0.15) is 0 Å². The largest absolute Gasteiger partial charge is 0.344 e. The van der Waals surface area contributed by atoms with Crippen molar-refractivity contribution in [3.05, 3.63) is 22.4 Å². The number of carbonyl (C=O) groups is 1. The van der Waals surface area contributed by atoms with Crippen molar-refractivity contribution in [3.63, 3.8) is 0 Å². The van der Waals surface area contributed by atoms with E-state index in [1.165, 1.54) is 6.42 Å². The van der Waals surface area contributed by atoms with E-state index in [-0.39, 0.29) is 17.5 Å². The Labute approximate surface area is 135 Å². The van der Waals surface area contributed by atoms with Crippen LogP contribution in [0.3, 0.4) is 0 Å². The van der Waals surface area contributed by atoms with Crippen LogP contribution in [-0.4, -0.2) is 22.6 Å². The lowest BCUT2D eigenvalue weighted by Gasteiger charge is -2.42. The number of halogens is 1. The van der Waals surface area contributed by atoms with E-state index in [9.17, 15) is 4.79 Å².